The minimum Gasteiger partial charge on any atom is -0.508 e. The van der Waals surface area contributed by atoms with Crippen LogP contribution in [0.3, 0.4) is 0 Å². The largest absolute Gasteiger partial charge is 0.508 e. The number of benzene rings is 3. The molecule has 0 bridgehead atoms. The highest BCUT2D eigenvalue weighted by atomic mass is 16.3. The van der Waals surface area contributed by atoms with Crippen molar-refractivity contribution in [2.45, 2.75) is 52.4 Å². The van der Waals surface area contributed by atoms with Crippen molar-refractivity contribution in [3.05, 3.63) is 81.9 Å². The molecule has 0 heterocycles. The standard InChI is InChI=1S/C26H30O4/c1-15(13-21-9-11-23(27)17(3)25(21)29)19-5-7-20(8-6-19)16(2)14-22-10-12-24(28)18(4)26(22)30/h5-12,15-16,27-30H,13-14H2,1-4H3. The lowest BCUT2D eigenvalue weighted by atomic mass is 9.88. The average Bonchev–Trinajstić information content (AvgIpc) is 2.74. The van der Waals surface area contributed by atoms with Crippen molar-refractivity contribution >= 4 is 0 Å². The predicted molar refractivity (Wildman–Crippen MR) is 120 cm³/mol. The molecule has 3 rings (SSSR count). The molecule has 30 heavy (non-hydrogen) atoms. The molecule has 158 valence electrons. The fourth-order valence-corrected chi connectivity index (χ4v) is 3.87. The Bertz CT molecular complexity index is 953. The van der Waals surface area contributed by atoms with Gasteiger partial charge in [0.05, 0.1) is 0 Å². The number of hydrogen-bond acceptors (Lipinski definition) is 4. The maximum absolute atomic E-state index is 10.3. The van der Waals surface area contributed by atoms with Crippen molar-refractivity contribution in [2.75, 3.05) is 0 Å². The molecule has 0 amide bonds. The molecular weight excluding hydrogens is 376 g/mol. The molecule has 0 aliphatic rings. The highest BCUT2D eigenvalue weighted by molar-refractivity contribution is 5.49. The van der Waals surface area contributed by atoms with Gasteiger partial charge in [-0.2, -0.15) is 0 Å². The van der Waals surface area contributed by atoms with Crippen molar-refractivity contribution in [2.24, 2.45) is 0 Å². The van der Waals surface area contributed by atoms with Gasteiger partial charge in [-0.15, -0.1) is 0 Å². The van der Waals surface area contributed by atoms with E-state index in [2.05, 4.69) is 38.1 Å². The molecule has 0 spiro atoms. The summed E-state index contributed by atoms with van der Waals surface area (Å²) < 4.78 is 0. The van der Waals surface area contributed by atoms with E-state index in [1.54, 1.807) is 38.1 Å². The summed E-state index contributed by atoms with van der Waals surface area (Å²) in [7, 11) is 0. The molecule has 0 aromatic heterocycles. The fourth-order valence-electron chi connectivity index (χ4n) is 3.87. The Morgan fingerprint density at radius 3 is 1.23 bits per heavy atom. The molecule has 4 heteroatoms. The van der Waals surface area contributed by atoms with Crippen LogP contribution in [0.2, 0.25) is 0 Å². The van der Waals surface area contributed by atoms with E-state index in [-0.39, 0.29) is 34.8 Å². The minimum atomic E-state index is 0.108. The van der Waals surface area contributed by atoms with E-state index >= 15 is 0 Å². The second-order valence-electron chi connectivity index (χ2n) is 8.31. The second kappa shape index (κ2) is 8.70. The third-order valence-electron chi connectivity index (χ3n) is 6.10. The first kappa shape index (κ1) is 21.6. The molecule has 3 aromatic rings. The van der Waals surface area contributed by atoms with E-state index in [1.807, 2.05) is 0 Å². The van der Waals surface area contributed by atoms with Crippen LogP contribution >= 0.6 is 0 Å². The number of aromatic hydroxyl groups is 4. The smallest absolute Gasteiger partial charge is 0.125 e. The molecule has 2 atom stereocenters. The third-order valence-corrected chi connectivity index (χ3v) is 6.10. The van der Waals surface area contributed by atoms with Crippen LogP contribution in [0, 0.1) is 13.8 Å². The van der Waals surface area contributed by atoms with Crippen LogP contribution in [0.4, 0.5) is 0 Å². The van der Waals surface area contributed by atoms with Gasteiger partial charge < -0.3 is 20.4 Å². The van der Waals surface area contributed by atoms with E-state index in [0.717, 1.165) is 11.1 Å². The van der Waals surface area contributed by atoms with Crippen molar-refractivity contribution < 1.29 is 20.4 Å². The summed E-state index contributed by atoms with van der Waals surface area (Å²) in [5.74, 6) is 0.974. The quantitative estimate of drug-likeness (QED) is 0.416. The van der Waals surface area contributed by atoms with Gasteiger partial charge in [0.2, 0.25) is 0 Å². The fraction of sp³-hybridized carbons (Fsp3) is 0.308. The molecule has 0 fully saturated rings. The summed E-state index contributed by atoms with van der Waals surface area (Å²) in [6, 6.07) is 15.3. The summed E-state index contributed by atoms with van der Waals surface area (Å²) in [6.07, 6.45) is 1.37. The van der Waals surface area contributed by atoms with Crippen molar-refractivity contribution in [1.82, 2.24) is 0 Å². The zero-order valence-corrected chi connectivity index (χ0v) is 18.0. The lowest BCUT2D eigenvalue weighted by Crippen LogP contribution is -2.02. The third kappa shape index (κ3) is 4.38. The van der Waals surface area contributed by atoms with Crippen LogP contribution in [-0.2, 0) is 12.8 Å². The first-order valence-corrected chi connectivity index (χ1v) is 10.3. The number of hydrogen-bond donors (Lipinski definition) is 4. The first-order chi connectivity index (χ1) is 14.2. The highest BCUT2D eigenvalue weighted by Crippen LogP contribution is 2.35. The SMILES string of the molecule is Cc1c(O)ccc(CC(C)c2ccc(C(C)Cc3ccc(O)c(C)c3O)cc2)c1O. The zero-order chi connectivity index (χ0) is 22.0. The van der Waals surface area contributed by atoms with Crippen molar-refractivity contribution in [1.29, 1.82) is 0 Å². The normalized spacial score (nSPS) is 13.2. The van der Waals surface area contributed by atoms with E-state index in [1.165, 1.54) is 11.1 Å². The topological polar surface area (TPSA) is 80.9 Å². The van der Waals surface area contributed by atoms with Gasteiger partial charge in [-0.1, -0.05) is 50.2 Å². The summed E-state index contributed by atoms with van der Waals surface area (Å²) in [4.78, 5) is 0. The zero-order valence-electron chi connectivity index (χ0n) is 18.0. The molecule has 4 nitrogen and oxygen atoms in total. The first-order valence-electron chi connectivity index (χ1n) is 10.3. The molecule has 0 radical (unpaired) electrons. The predicted octanol–water partition coefficient (Wildman–Crippen LogP) is 5.82. The average molecular weight is 407 g/mol. The molecule has 3 aromatic carbocycles. The maximum Gasteiger partial charge on any atom is 0.125 e. The summed E-state index contributed by atoms with van der Waals surface area (Å²) in [6.45, 7) is 7.67. The van der Waals surface area contributed by atoms with Crippen LogP contribution in [0.1, 0.15) is 59.1 Å². The van der Waals surface area contributed by atoms with Crippen LogP contribution in [0.15, 0.2) is 48.5 Å². The van der Waals surface area contributed by atoms with Crippen molar-refractivity contribution in [3.63, 3.8) is 0 Å². The molecule has 0 saturated heterocycles. The highest BCUT2D eigenvalue weighted by Gasteiger charge is 2.15. The molecule has 0 aliphatic carbocycles. The lowest BCUT2D eigenvalue weighted by molar-refractivity contribution is 0.436. The Labute approximate surface area is 178 Å². The number of phenolic OH excluding ortho intramolecular Hbond substituents is 4. The van der Waals surface area contributed by atoms with Gasteiger partial charge in [0.1, 0.15) is 23.0 Å². The monoisotopic (exact) mass is 406 g/mol. The Morgan fingerprint density at radius 1 is 0.567 bits per heavy atom. The molecular formula is C26H30O4. The Balaban J connectivity index is 1.71. The Morgan fingerprint density at radius 2 is 0.900 bits per heavy atom. The van der Waals surface area contributed by atoms with Crippen LogP contribution in [-0.4, -0.2) is 20.4 Å². The van der Waals surface area contributed by atoms with Gasteiger partial charge in [-0.25, -0.2) is 0 Å². The molecule has 0 saturated carbocycles. The Hall–Kier alpha value is -3.14. The second-order valence-corrected chi connectivity index (χ2v) is 8.31. The summed E-state index contributed by atoms with van der Waals surface area (Å²) in [5, 5.41) is 40.0. The maximum atomic E-state index is 10.3. The van der Waals surface area contributed by atoms with Gasteiger partial charge >= 0.3 is 0 Å². The van der Waals surface area contributed by atoms with Crippen molar-refractivity contribution in [3.8, 4) is 23.0 Å². The van der Waals surface area contributed by atoms with Gasteiger partial charge in [0.25, 0.3) is 0 Å². The Kier molecular flexibility index (Phi) is 6.25. The molecule has 0 aliphatic heterocycles. The van der Waals surface area contributed by atoms with Gasteiger partial charge in [-0.3, -0.25) is 0 Å². The van der Waals surface area contributed by atoms with Crippen LogP contribution in [0.25, 0.3) is 0 Å². The number of phenols is 4. The summed E-state index contributed by atoms with van der Waals surface area (Å²) in [5.41, 5.74) is 5.04. The molecule has 2 unspecified atom stereocenters. The molecule has 4 N–H and O–H groups in total. The van der Waals surface area contributed by atoms with Crippen LogP contribution in [0.5, 0.6) is 23.0 Å². The van der Waals surface area contributed by atoms with E-state index < -0.39 is 0 Å². The van der Waals surface area contributed by atoms with Gasteiger partial charge in [0.15, 0.2) is 0 Å². The minimum absolute atomic E-state index is 0.108. The van der Waals surface area contributed by atoms with Crippen LogP contribution < -0.4 is 0 Å². The lowest BCUT2D eigenvalue weighted by Gasteiger charge is -2.17. The van der Waals surface area contributed by atoms with E-state index in [9.17, 15) is 20.4 Å². The van der Waals surface area contributed by atoms with E-state index in [0.29, 0.717) is 24.0 Å². The van der Waals surface area contributed by atoms with Gasteiger partial charge in [0, 0.05) is 11.1 Å². The van der Waals surface area contributed by atoms with Gasteiger partial charge in [-0.05, 0) is 72.9 Å². The van der Waals surface area contributed by atoms with E-state index in [4.69, 9.17) is 0 Å². The number of rotatable bonds is 6. The summed E-state index contributed by atoms with van der Waals surface area (Å²) >= 11 is 0.